The highest BCUT2D eigenvalue weighted by Gasteiger charge is 1.59. The topological polar surface area (TPSA) is 12.0 Å². The minimum absolute atomic E-state index is 0.718. The molecule has 29 valence electrons. The van der Waals surface area contributed by atoms with E-state index in [4.69, 9.17) is 0 Å². The van der Waals surface area contributed by atoms with Gasteiger partial charge in [0.25, 0.3) is 0 Å². The first-order chi connectivity index (χ1) is 2.41. The minimum atomic E-state index is 0.718. The van der Waals surface area contributed by atoms with E-state index in [1.807, 2.05) is 0 Å². The van der Waals surface area contributed by atoms with Crippen molar-refractivity contribution in [3.8, 4) is 0 Å². The maximum atomic E-state index is 4.33. The molecule has 0 rings (SSSR count). The fourth-order valence-electron chi connectivity index (χ4n) is 0.0589. The summed E-state index contributed by atoms with van der Waals surface area (Å²) in [7, 11) is 0. The molecule has 0 unspecified atom stereocenters. The predicted molar refractivity (Wildman–Crippen MR) is 25.8 cm³/mol. The van der Waals surface area contributed by atoms with E-state index in [0.717, 1.165) is 6.54 Å². The summed E-state index contributed by atoms with van der Waals surface area (Å²) in [6.45, 7) is 4.14. The Kier molecular flexibility index (Phi) is 4.09. The van der Waals surface area contributed by atoms with Gasteiger partial charge in [0.05, 0.1) is 0 Å². The monoisotopic (exact) mass is 88.0 g/mol. The second-order valence-corrected chi connectivity index (χ2v) is 0.926. The standard InChI is InChI=1S/C3H6NS/c1-2-3-4-5/h2,4H,1,3H2. The van der Waals surface area contributed by atoms with Crippen molar-refractivity contribution >= 4 is 12.8 Å². The van der Waals surface area contributed by atoms with Crippen LogP contribution in [0.3, 0.4) is 0 Å². The Hall–Kier alpha value is 0.0500. The zero-order chi connectivity index (χ0) is 4.12. The molecule has 0 atom stereocenters. The van der Waals surface area contributed by atoms with Crippen molar-refractivity contribution in [2.24, 2.45) is 0 Å². The summed E-state index contributed by atoms with van der Waals surface area (Å²) in [5.74, 6) is 0. The first kappa shape index (κ1) is 5.05. The van der Waals surface area contributed by atoms with Gasteiger partial charge in [-0.25, -0.2) is 4.72 Å². The summed E-state index contributed by atoms with van der Waals surface area (Å²) >= 11 is 4.33. The molecule has 0 spiro atoms. The lowest BCUT2D eigenvalue weighted by Crippen LogP contribution is -1.93. The molecule has 0 fully saturated rings. The van der Waals surface area contributed by atoms with Gasteiger partial charge in [0, 0.05) is 19.4 Å². The molecule has 0 aromatic heterocycles. The van der Waals surface area contributed by atoms with Gasteiger partial charge in [0.15, 0.2) is 0 Å². The van der Waals surface area contributed by atoms with Gasteiger partial charge >= 0.3 is 0 Å². The van der Waals surface area contributed by atoms with E-state index in [2.05, 4.69) is 24.1 Å². The molecule has 0 aromatic carbocycles. The largest absolute Gasteiger partial charge is 0.250 e. The van der Waals surface area contributed by atoms with Gasteiger partial charge in [-0.2, -0.15) is 0 Å². The summed E-state index contributed by atoms with van der Waals surface area (Å²) < 4.78 is 2.48. The van der Waals surface area contributed by atoms with Crippen molar-refractivity contribution in [3.05, 3.63) is 12.7 Å². The lowest BCUT2D eigenvalue weighted by molar-refractivity contribution is 1.14. The van der Waals surface area contributed by atoms with Crippen LogP contribution in [0.1, 0.15) is 0 Å². The highest BCUT2D eigenvalue weighted by atomic mass is 32.1. The molecule has 0 amide bonds. The fourth-order valence-corrected chi connectivity index (χ4v) is 0.177. The SMILES string of the molecule is C=CCN[S]. The number of nitrogens with one attached hydrogen (secondary N) is 1. The quantitative estimate of drug-likeness (QED) is 0.494. The maximum Gasteiger partial charge on any atom is 0.0245 e. The first-order valence-corrected chi connectivity index (χ1v) is 1.78. The van der Waals surface area contributed by atoms with E-state index >= 15 is 0 Å². The van der Waals surface area contributed by atoms with E-state index in [9.17, 15) is 0 Å². The second-order valence-electron chi connectivity index (χ2n) is 0.637. The molecule has 2 heteroatoms. The van der Waals surface area contributed by atoms with Gasteiger partial charge in [-0.3, -0.25) is 0 Å². The maximum absolute atomic E-state index is 4.33. The smallest absolute Gasteiger partial charge is 0.0245 e. The summed E-state index contributed by atoms with van der Waals surface area (Å²) in [6, 6.07) is 0. The molecule has 0 bridgehead atoms. The summed E-state index contributed by atoms with van der Waals surface area (Å²) in [5.41, 5.74) is 0. The molecule has 1 N–H and O–H groups in total. The molecule has 5 heavy (non-hydrogen) atoms. The second kappa shape index (κ2) is 4.05. The fraction of sp³-hybridized carbons (Fsp3) is 0.333. The molecular weight excluding hydrogens is 82.1 g/mol. The van der Waals surface area contributed by atoms with Crippen LogP contribution in [0.4, 0.5) is 0 Å². The van der Waals surface area contributed by atoms with Gasteiger partial charge in [0.2, 0.25) is 0 Å². The summed E-state index contributed by atoms with van der Waals surface area (Å²) in [6.07, 6.45) is 1.72. The summed E-state index contributed by atoms with van der Waals surface area (Å²) in [4.78, 5) is 0. The van der Waals surface area contributed by atoms with Gasteiger partial charge in [-0.05, 0) is 0 Å². The van der Waals surface area contributed by atoms with Crippen LogP contribution in [0.25, 0.3) is 0 Å². The Morgan fingerprint density at radius 2 is 2.60 bits per heavy atom. The van der Waals surface area contributed by atoms with Crippen LogP contribution < -0.4 is 4.72 Å². The molecule has 1 nitrogen and oxygen atoms in total. The first-order valence-electron chi connectivity index (χ1n) is 1.37. The molecule has 0 aliphatic heterocycles. The Morgan fingerprint density at radius 1 is 2.00 bits per heavy atom. The van der Waals surface area contributed by atoms with E-state index in [1.54, 1.807) is 6.08 Å². The van der Waals surface area contributed by atoms with Crippen LogP contribution in [0.5, 0.6) is 0 Å². The number of rotatable bonds is 2. The molecule has 0 saturated carbocycles. The highest BCUT2D eigenvalue weighted by molar-refractivity contribution is 7.78. The van der Waals surface area contributed by atoms with Gasteiger partial charge in [-0.15, -0.1) is 6.58 Å². The lowest BCUT2D eigenvalue weighted by Gasteiger charge is -1.76. The normalized spacial score (nSPS) is 7.40. The third kappa shape index (κ3) is 4.05. The number of hydrogen-bond acceptors (Lipinski definition) is 1. The average Bonchev–Trinajstić information content (AvgIpc) is 1.41. The molecular formula is C3H6NS. The van der Waals surface area contributed by atoms with Crippen LogP contribution in [-0.2, 0) is 0 Å². The Bertz CT molecular complexity index is 28.1. The van der Waals surface area contributed by atoms with E-state index < -0.39 is 0 Å². The van der Waals surface area contributed by atoms with Gasteiger partial charge < -0.3 is 0 Å². The Labute approximate surface area is 37.6 Å². The Morgan fingerprint density at radius 3 is 2.60 bits per heavy atom. The van der Waals surface area contributed by atoms with E-state index in [-0.39, 0.29) is 0 Å². The van der Waals surface area contributed by atoms with Crippen LogP contribution in [0.2, 0.25) is 0 Å². The third-order valence-corrected chi connectivity index (χ3v) is 0.394. The van der Waals surface area contributed by atoms with Crippen LogP contribution in [-0.4, -0.2) is 6.54 Å². The highest BCUT2D eigenvalue weighted by Crippen LogP contribution is 1.57. The van der Waals surface area contributed by atoms with Crippen LogP contribution >= 0.6 is 12.8 Å². The molecule has 0 heterocycles. The molecule has 1 radical (unpaired) electrons. The molecule has 0 aliphatic rings. The lowest BCUT2D eigenvalue weighted by atomic mass is 10.7. The van der Waals surface area contributed by atoms with Crippen molar-refractivity contribution in [1.29, 1.82) is 0 Å². The summed E-state index contributed by atoms with van der Waals surface area (Å²) in [5, 5.41) is 0. The Balaban J connectivity index is 2.40. The van der Waals surface area contributed by atoms with E-state index in [0.29, 0.717) is 0 Å². The molecule has 0 aliphatic carbocycles. The zero-order valence-electron chi connectivity index (χ0n) is 2.90. The van der Waals surface area contributed by atoms with Crippen molar-refractivity contribution in [3.63, 3.8) is 0 Å². The van der Waals surface area contributed by atoms with E-state index in [1.165, 1.54) is 0 Å². The van der Waals surface area contributed by atoms with Crippen molar-refractivity contribution in [2.45, 2.75) is 0 Å². The third-order valence-electron chi connectivity index (χ3n) is 0.228. The minimum Gasteiger partial charge on any atom is -0.250 e. The molecule has 0 aromatic rings. The molecule has 0 saturated heterocycles. The predicted octanol–water partition coefficient (Wildman–Crippen LogP) is 0.875. The van der Waals surface area contributed by atoms with Crippen molar-refractivity contribution in [1.82, 2.24) is 4.72 Å². The van der Waals surface area contributed by atoms with Crippen molar-refractivity contribution < 1.29 is 0 Å². The number of hydrogen-bond donors (Lipinski definition) is 1. The van der Waals surface area contributed by atoms with Gasteiger partial charge in [-0.1, -0.05) is 6.08 Å². The van der Waals surface area contributed by atoms with Gasteiger partial charge in [0.1, 0.15) is 0 Å². The van der Waals surface area contributed by atoms with Crippen molar-refractivity contribution in [2.75, 3.05) is 6.54 Å². The van der Waals surface area contributed by atoms with Crippen LogP contribution in [0.15, 0.2) is 12.7 Å². The average molecular weight is 88.2 g/mol. The zero-order valence-corrected chi connectivity index (χ0v) is 3.72. The van der Waals surface area contributed by atoms with Crippen LogP contribution in [0, 0.1) is 0 Å².